The van der Waals surface area contributed by atoms with Crippen molar-refractivity contribution in [1.82, 2.24) is 14.9 Å². The lowest BCUT2D eigenvalue weighted by atomic mass is 10.2. The summed E-state index contributed by atoms with van der Waals surface area (Å²) >= 11 is 1.62. The van der Waals surface area contributed by atoms with E-state index >= 15 is 0 Å². The Kier molecular flexibility index (Phi) is 6.57. The van der Waals surface area contributed by atoms with Crippen LogP contribution in [0.2, 0.25) is 0 Å². The zero-order valence-corrected chi connectivity index (χ0v) is 16.0. The van der Waals surface area contributed by atoms with Gasteiger partial charge in [-0.1, -0.05) is 13.8 Å². The number of carbonyl (C=O) groups is 1. The number of methoxy groups -OCH3 is 1. The van der Waals surface area contributed by atoms with Crippen molar-refractivity contribution < 1.29 is 9.53 Å². The van der Waals surface area contributed by atoms with Gasteiger partial charge < -0.3 is 14.6 Å². The molecule has 1 amide bonds. The molecule has 2 aromatic heterocycles. The van der Waals surface area contributed by atoms with Crippen molar-refractivity contribution in [1.29, 1.82) is 0 Å². The van der Waals surface area contributed by atoms with Crippen LogP contribution in [0.1, 0.15) is 41.3 Å². The fourth-order valence-electron chi connectivity index (χ4n) is 2.62. The second kappa shape index (κ2) is 8.44. The summed E-state index contributed by atoms with van der Waals surface area (Å²) in [6.07, 6.45) is 0.898. The minimum atomic E-state index is -0.0140. The highest BCUT2D eigenvalue weighted by Crippen LogP contribution is 2.27. The molecule has 24 heavy (non-hydrogen) atoms. The van der Waals surface area contributed by atoms with Crippen molar-refractivity contribution >= 4 is 17.2 Å². The van der Waals surface area contributed by atoms with Gasteiger partial charge in [-0.05, 0) is 32.3 Å². The quantitative estimate of drug-likeness (QED) is 0.740. The Labute approximate surface area is 148 Å². The minimum absolute atomic E-state index is 0.0140. The lowest BCUT2D eigenvalue weighted by molar-refractivity contribution is 0.0948. The molecule has 132 valence electrons. The molecule has 2 aromatic rings. The molecule has 0 aliphatic heterocycles. The molecular weight excluding hydrogens is 322 g/mol. The van der Waals surface area contributed by atoms with E-state index in [0.29, 0.717) is 19.1 Å². The summed E-state index contributed by atoms with van der Waals surface area (Å²) in [5.74, 6) is 0.415. The van der Waals surface area contributed by atoms with E-state index in [1.807, 2.05) is 25.3 Å². The summed E-state index contributed by atoms with van der Waals surface area (Å²) < 4.78 is 7.34. The number of aromatic nitrogens is 2. The average Bonchev–Trinajstić information content (AvgIpc) is 3.10. The molecule has 0 radical (unpaired) electrons. The third kappa shape index (κ3) is 4.45. The number of aryl methyl sites for hydroxylation is 1. The molecule has 0 fully saturated rings. The van der Waals surface area contributed by atoms with Crippen LogP contribution in [-0.2, 0) is 11.3 Å². The Morgan fingerprint density at radius 2 is 2.17 bits per heavy atom. The molecule has 0 aromatic carbocycles. The van der Waals surface area contributed by atoms with Crippen LogP contribution < -0.4 is 5.32 Å². The molecular formula is C18H27N3O2S. The fraction of sp³-hybridized carbons (Fsp3) is 0.556. The summed E-state index contributed by atoms with van der Waals surface area (Å²) in [6, 6.07) is 1.96. The van der Waals surface area contributed by atoms with Gasteiger partial charge in [0.05, 0.1) is 22.0 Å². The second-order valence-electron chi connectivity index (χ2n) is 6.38. The SMILES string of the molecule is COCCCn1c(-c2csc(C)n2)cc(C(=O)NCC(C)C)c1C. The third-order valence-electron chi connectivity index (χ3n) is 3.89. The van der Waals surface area contributed by atoms with Gasteiger partial charge in [-0.25, -0.2) is 4.98 Å². The van der Waals surface area contributed by atoms with E-state index in [2.05, 4.69) is 28.7 Å². The highest BCUT2D eigenvalue weighted by Gasteiger charge is 2.19. The number of nitrogens with zero attached hydrogens (tertiary/aromatic N) is 2. The van der Waals surface area contributed by atoms with Gasteiger partial charge >= 0.3 is 0 Å². The molecule has 0 atom stereocenters. The van der Waals surface area contributed by atoms with Crippen LogP contribution in [-0.4, -0.2) is 35.7 Å². The van der Waals surface area contributed by atoms with E-state index in [4.69, 9.17) is 4.74 Å². The topological polar surface area (TPSA) is 56.2 Å². The molecule has 2 rings (SSSR count). The molecule has 6 heteroatoms. The van der Waals surface area contributed by atoms with E-state index in [1.165, 1.54) is 0 Å². The van der Waals surface area contributed by atoms with E-state index in [-0.39, 0.29) is 5.91 Å². The Bertz CT molecular complexity index is 688. The zero-order chi connectivity index (χ0) is 17.7. The standard InChI is InChI=1S/C18H27N3O2S/c1-12(2)10-19-18(22)15-9-17(16-11-24-14(4)20-16)21(13(15)3)7-6-8-23-5/h9,11-12H,6-8,10H2,1-5H3,(H,19,22). The van der Waals surface area contributed by atoms with Crippen LogP contribution in [0.4, 0.5) is 0 Å². The van der Waals surface area contributed by atoms with Crippen molar-refractivity contribution in [2.24, 2.45) is 5.92 Å². The van der Waals surface area contributed by atoms with Crippen LogP contribution in [0.5, 0.6) is 0 Å². The van der Waals surface area contributed by atoms with Crippen molar-refractivity contribution in [2.45, 2.75) is 40.7 Å². The first-order valence-corrected chi connectivity index (χ1v) is 9.21. The van der Waals surface area contributed by atoms with Crippen molar-refractivity contribution in [2.75, 3.05) is 20.3 Å². The molecule has 0 aliphatic carbocycles. The van der Waals surface area contributed by atoms with Gasteiger partial charge in [0.25, 0.3) is 5.91 Å². The lowest BCUT2D eigenvalue weighted by Crippen LogP contribution is -2.27. The summed E-state index contributed by atoms with van der Waals surface area (Å²) in [4.78, 5) is 17.1. The van der Waals surface area contributed by atoms with Crippen molar-refractivity contribution in [3.63, 3.8) is 0 Å². The minimum Gasteiger partial charge on any atom is -0.385 e. The highest BCUT2D eigenvalue weighted by atomic mass is 32.1. The van der Waals surface area contributed by atoms with E-state index in [0.717, 1.165) is 40.6 Å². The average molecular weight is 350 g/mol. The molecule has 5 nitrogen and oxygen atoms in total. The number of ether oxygens (including phenoxy) is 1. The first kappa shape index (κ1) is 18.7. The maximum absolute atomic E-state index is 12.5. The highest BCUT2D eigenvalue weighted by molar-refractivity contribution is 7.09. The smallest absolute Gasteiger partial charge is 0.253 e. The van der Waals surface area contributed by atoms with Crippen molar-refractivity contribution in [3.8, 4) is 11.4 Å². The summed E-state index contributed by atoms with van der Waals surface area (Å²) in [5.41, 5.74) is 3.64. The first-order chi connectivity index (χ1) is 11.4. The van der Waals surface area contributed by atoms with Gasteiger partial charge in [0.1, 0.15) is 0 Å². The van der Waals surface area contributed by atoms with Gasteiger partial charge in [-0.2, -0.15) is 0 Å². The van der Waals surface area contributed by atoms with Gasteiger partial charge in [0, 0.05) is 37.9 Å². The number of hydrogen-bond acceptors (Lipinski definition) is 4. The van der Waals surface area contributed by atoms with E-state index in [9.17, 15) is 4.79 Å². The van der Waals surface area contributed by atoms with E-state index < -0.39 is 0 Å². The van der Waals surface area contributed by atoms with E-state index in [1.54, 1.807) is 18.4 Å². The Morgan fingerprint density at radius 3 is 2.75 bits per heavy atom. The molecule has 0 bridgehead atoms. The van der Waals surface area contributed by atoms with Gasteiger partial charge in [0.15, 0.2) is 0 Å². The maximum atomic E-state index is 12.5. The van der Waals surface area contributed by atoms with Crippen LogP contribution >= 0.6 is 11.3 Å². The maximum Gasteiger partial charge on any atom is 0.253 e. The van der Waals surface area contributed by atoms with Gasteiger partial charge in [-0.3, -0.25) is 4.79 Å². The molecule has 1 N–H and O–H groups in total. The Hall–Kier alpha value is -1.66. The third-order valence-corrected chi connectivity index (χ3v) is 4.67. The Morgan fingerprint density at radius 1 is 1.42 bits per heavy atom. The summed E-state index contributed by atoms with van der Waals surface area (Å²) in [5, 5.41) is 6.08. The van der Waals surface area contributed by atoms with Crippen LogP contribution in [0, 0.1) is 19.8 Å². The number of nitrogens with one attached hydrogen (secondary N) is 1. The normalized spacial score (nSPS) is 11.2. The number of carbonyl (C=O) groups excluding carboxylic acids is 1. The lowest BCUT2D eigenvalue weighted by Gasteiger charge is -2.11. The molecule has 0 saturated heterocycles. The van der Waals surface area contributed by atoms with Gasteiger partial charge in [-0.15, -0.1) is 11.3 Å². The molecule has 0 saturated carbocycles. The van der Waals surface area contributed by atoms with Crippen LogP contribution in [0.25, 0.3) is 11.4 Å². The molecule has 0 unspecified atom stereocenters. The zero-order valence-electron chi connectivity index (χ0n) is 15.2. The van der Waals surface area contributed by atoms with Gasteiger partial charge in [0.2, 0.25) is 0 Å². The summed E-state index contributed by atoms with van der Waals surface area (Å²) in [7, 11) is 1.71. The largest absolute Gasteiger partial charge is 0.385 e. The number of hydrogen-bond donors (Lipinski definition) is 1. The molecule has 0 aliphatic rings. The second-order valence-corrected chi connectivity index (χ2v) is 7.44. The number of amides is 1. The monoisotopic (exact) mass is 349 g/mol. The van der Waals surface area contributed by atoms with Crippen LogP contribution in [0.15, 0.2) is 11.4 Å². The predicted molar refractivity (Wildman–Crippen MR) is 98.7 cm³/mol. The predicted octanol–water partition coefficient (Wildman–Crippen LogP) is 3.65. The molecule has 0 spiro atoms. The fourth-order valence-corrected chi connectivity index (χ4v) is 3.22. The van der Waals surface area contributed by atoms with Crippen molar-refractivity contribution in [3.05, 3.63) is 27.7 Å². The Balaban J connectivity index is 2.33. The number of thiazole rings is 1. The summed E-state index contributed by atoms with van der Waals surface area (Å²) in [6.45, 7) is 10.4. The molecule has 2 heterocycles. The first-order valence-electron chi connectivity index (χ1n) is 8.33. The van der Waals surface area contributed by atoms with Crippen LogP contribution in [0.3, 0.4) is 0 Å². The number of rotatable bonds is 8.